The Morgan fingerprint density at radius 3 is 2.50 bits per heavy atom. The highest BCUT2D eigenvalue weighted by atomic mass is 32.2. The van der Waals surface area contributed by atoms with Crippen molar-refractivity contribution in [2.24, 2.45) is 0 Å². The molecule has 0 saturated carbocycles. The van der Waals surface area contributed by atoms with Crippen molar-refractivity contribution in [1.82, 2.24) is 25.4 Å². The van der Waals surface area contributed by atoms with Crippen LogP contribution < -0.4 is 15.4 Å². The summed E-state index contributed by atoms with van der Waals surface area (Å²) in [5, 5.41) is 14.1. The van der Waals surface area contributed by atoms with Crippen molar-refractivity contribution in [3.8, 4) is 22.8 Å². The van der Waals surface area contributed by atoms with Crippen molar-refractivity contribution >= 4 is 23.7 Å². The lowest BCUT2D eigenvalue weighted by Crippen LogP contribution is -2.39. The number of methoxy groups -OCH3 is 1. The van der Waals surface area contributed by atoms with E-state index < -0.39 is 11.9 Å². The molecule has 4 rings (SSSR count). The fraction of sp³-hybridized carbons (Fsp3) is 0.167. The second-order valence-corrected chi connectivity index (χ2v) is 8.25. The molecule has 34 heavy (non-hydrogen) atoms. The topological polar surface area (TPSA) is 111 Å². The molecule has 2 N–H and O–H groups in total. The number of urea groups is 1. The molecular formula is C24H23N5O4S. The van der Waals surface area contributed by atoms with E-state index in [1.807, 2.05) is 60.0 Å². The number of rotatable bonds is 8. The van der Waals surface area contributed by atoms with Gasteiger partial charge in [0.1, 0.15) is 11.5 Å². The molecule has 0 aliphatic heterocycles. The third-order valence-corrected chi connectivity index (χ3v) is 5.79. The van der Waals surface area contributed by atoms with Crippen LogP contribution in [-0.2, 0) is 11.3 Å². The molecule has 174 valence electrons. The van der Waals surface area contributed by atoms with Crippen LogP contribution in [0, 0.1) is 6.92 Å². The number of thioether (sulfide) groups is 1. The molecule has 2 aromatic heterocycles. The molecule has 3 amide bonds. The first-order valence-corrected chi connectivity index (χ1v) is 11.4. The van der Waals surface area contributed by atoms with Gasteiger partial charge in [0.2, 0.25) is 5.91 Å². The highest BCUT2D eigenvalue weighted by molar-refractivity contribution is 7.99. The summed E-state index contributed by atoms with van der Waals surface area (Å²) in [4.78, 5) is 24.3. The first-order valence-electron chi connectivity index (χ1n) is 10.4. The molecule has 10 heteroatoms. The molecule has 0 fully saturated rings. The minimum absolute atomic E-state index is 0.0131. The normalized spacial score (nSPS) is 10.6. The van der Waals surface area contributed by atoms with Crippen molar-refractivity contribution < 1.29 is 18.7 Å². The van der Waals surface area contributed by atoms with Gasteiger partial charge < -0.3 is 14.5 Å². The van der Waals surface area contributed by atoms with Crippen molar-refractivity contribution in [2.45, 2.75) is 18.6 Å². The lowest BCUT2D eigenvalue weighted by Gasteiger charge is -2.11. The number of nitrogens with zero attached hydrogens (tertiary/aromatic N) is 3. The lowest BCUT2D eigenvalue weighted by atomic mass is 10.2. The van der Waals surface area contributed by atoms with Crippen LogP contribution >= 0.6 is 11.8 Å². The number of furan rings is 1. The van der Waals surface area contributed by atoms with Gasteiger partial charge in [-0.1, -0.05) is 29.5 Å². The van der Waals surface area contributed by atoms with E-state index in [4.69, 9.17) is 9.15 Å². The number of amides is 3. The number of carbonyl (C=O) groups is 2. The van der Waals surface area contributed by atoms with Gasteiger partial charge in [-0.05, 0) is 55.5 Å². The van der Waals surface area contributed by atoms with E-state index in [1.165, 1.54) is 18.0 Å². The monoisotopic (exact) mass is 477 g/mol. The van der Waals surface area contributed by atoms with Gasteiger partial charge in [0, 0.05) is 11.3 Å². The van der Waals surface area contributed by atoms with E-state index in [0.717, 1.165) is 22.6 Å². The van der Waals surface area contributed by atoms with Gasteiger partial charge in [-0.3, -0.25) is 14.7 Å². The number of imide groups is 1. The molecule has 0 aliphatic carbocycles. The number of nitrogens with one attached hydrogen (secondary N) is 2. The molecule has 2 aromatic carbocycles. The molecule has 0 atom stereocenters. The van der Waals surface area contributed by atoms with Crippen molar-refractivity contribution in [2.75, 3.05) is 12.9 Å². The molecule has 0 aliphatic rings. The second-order valence-electron chi connectivity index (χ2n) is 7.30. The van der Waals surface area contributed by atoms with E-state index in [9.17, 15) is 9.59 Å². The quantitative estimate of drug-likeness (QED) is 0.370. The van der Waals surface area contributed by atoms with Gasteiger partial charge in [0.15, 0.2) is 11.0 Å². The zero-order valence-electron chi connectivity index (χ0n) is 18.6. The van der Waals surface area contributed by atoms with Crippen LogP contribution in [-0.4, -0.2) is 39.6 Å². The fourth-order valence-corrected chi connectivity index (χ4v) is 3.89. The first kappa shape index (κ1) is 23.1. The minimum atomic E-state index is -0.596. The summed E-state index contributed by atoms with van der Waals surface area (Å²) in [6.45, 7) is 2.20. The van der Waals surface area contributed by atoms with Crippen molar-refractivity contribution in [3.63, 3.8) is 0 Å². The molecule has 0 radical (unpaired) electrons. The summed E-state index contributed by atoms with van der Waals surface area (Å²) in [7, 11) is 1.61. The average molecular weight is 478 g/mol. The van der Waals surface area contributed by atoms with Crippen molar-refractivity contribution in [1.29, 1.82) is 0 Å². The van der Waals surface area contributed by atoms with E-state index in [2.05, 4.69) is 20.8 Å². The highest BCUT2D eigenvalue weighted by Crippen LogP contribution is 2.29. The molecule has 0 unspecified atom stereocenters. The van der Waals surface area contributed by atoms with Crippen LogP contribution in [0.15, 0.2) is 76.5 Å². The number of ether oxygens (including phenoxy) is 1. The van der Waals surface area contributed by atoms with Gasteiger partial charge >= 0.3 is 6.03 Å². The Kier molecular flexibility index (Phi) is 7.28. The Morgan fingerprint density at radius 1 is 1.06 bits per heavy atom. The Labute approximate surface area is 200 Å². The smallest absolute Gasteiger partial charge is 0.321 e. The molecule has 4 aromatic rings. The number of hydrogen-bond donors (Lipinski definition) is 2. The van der Waals surface area contributed by atoms with E-state index >= 15 is 0 Å². The Balaban J connectivity index is 1.48. The Bertz CT molecular complexity index is 1250. The summed E-state index contributed by atoms with van der Waals surface area (Å²) in [5.41, 5.74) is 2.83. The first-order chi connectivity index (χ1) is 16.5. The number of aryl methyl sites for hydroxylation is 1. The number of carbonyl (C=O) groups excluding carboxylic acids is 2. The second kappa shape index (κ2) is 10.7. The van der Waals surface area contributed by atoms with Gasteiger partial charge in [-0.15, -0.1) is 10.2 Å². The summed E-state index contributed by atoms with van der Waals surface area (Å²) in [6.07, 6.45) is 1.51. The molecule has 0 spiro atoms. The predicted molar refractivity (Wildman–Crippen MR) is 128 cm³/mol. The summed E-state index contributed by atoms with van der Waals surface area (Å²) < 4.78 is 12.3. The maximum Gasteiger partial charge on any atom is 0.321 e. The van der Waals surface area contributed by atoms with Crippen LogP contribution in [0.3, 0.4) is 0 Å². The standard InChI is InChI=1S/C24H23N5O4S/c1-16-5-9-18(10-6-16)29-22(17-7-11-19(32-2)12-8-17)27-28-24(29)34-15-21(30)26-23(31)25-14-20-4-3-13-33-20/h3-13H,14-15H2,1-2H3,(H2,25,26,30,31). The summed E-state index contributed by atoms with van der Waals surface area (Å²) in [6, 6.07) is 18.3. The predicted octanol–water partition coefficient (Wildman–Crippen LogP) is 3.96. The third-order valence-electron chi connectivity index (χ3n) is 4.86. The van der Waals surface area contributed by atoms with Gasteiger partial charge in [0.05, 0.1) is 25.7 Å². The number of hydrogen-bond acceptors (Lipinski definition) is 7. The SMILES string of the molecule is COc1ccc(-c2nnc(SCC(=O)NC(=O)NCc3ccco3)n2-c2ccc(C)cc2)cc1. The van der Waals surface area contributed by atoms with Gasteiger partial charge in [0.25, 0.3) is 0 Å². The van der Waals surface area contributed by atoms with Crippen LogP contribution in [0.2, 0.25) is 0 Å². The lowest BCUT2D eigenvalue weighted by molar-refractivity contribution is -0.117. The van der Waals surface area contributed by atoms with Crippen LogP contribution in [0.4, 0.5) is 4.79 Å². The number of benzene rings is 2. The molecule has 0 bridgehead atoms. The van der Waals surface area contributed by atoms with Crippen LogP contribution in [0.25, 0.3) is 17.1 Å². The van der Waals surface area contributed by atoms with Gasteiger partial charge in [-0.2, -0.15) is 0 Å². The molecule has 0 saturated heterocycles. The number of aromatic nitrogens is 3. The Morgan fingerprint density at radius 2 is 1.82 bits per heavy atom. The Hall–Kier alpha value is -4.05. The van der Waals surface area contributed by atoms with Crippen LogP contribution in [0.1, 0.15) is 11.3 Å². The minimum Gasteiger partial charge on any atom is -0.497 e. The zero-order chi connectivity index (χ0) is 23.9. The highest BCUT2D eigenvalue weighted by Gasteiger charge is 2.18. The van der Waals surface area contributed by atoms with Gasteiger partial charge in [-0.25, -0.2) is 4.79 Å². The molecule has 9 nitrogen and oxygen atoms in total. The van der Waals surface area contributed by atoms with E-state index in [-0.39, 0.29) is 12.3 Å². The van der Waals surface area contributed by atoms with Crippen molar-refractivity contribution in [3.05, 3.63) is 78.3 Å². The maximum absolute atomic E-state index is 12.3. The summed E-state index contributed by atoms with van der Waals surface area (Å²) >= 11 is 1.19. The van der Waals surface area contributed by atoms with E-state index in [0.29, 0.717) is 16.7 Å². The molecule has 2 heterocycles. The van der Waals surface area contributed by atoms with E-state index in [1.54, 1.807) is 19.2 Å². The molecular weight excluding hydrogens is 454 g/mol. The summed E-state index contributed by atoms with van der Waals surface area (Å²) in [5.74, 6) is 1.49. The maximum atomic E-state index is 12.3. The van der Waals surface area contributed by atoms with Crippen LogP contribution in [0.5, 0.6) is 5.75 Å². The average Bonchev–Trinajstić information content (AvgIpc) is 3.52. The fourth-order valence-electron chi connectivity index (χ4n) is 3.13. The zero-order valence-corrected chi connectivity index (χ0v) is 19.5. The third kappa shape index (κ3) is 5.65. The largest absolute Gasteiger partial charge is 0.497 e.